The molecule has 0 saturated carbocycles. The van der Waals surface area contributed by atoms with Crippen LogP contribution in [0.5, 0.6) is 0 Å². The summed E-state index contributed by atoms with van der Waals surface area (Å²) < 4.78 is 56.9. The molecule has 17 heteroatoms. The van der Waals surface area contributed by atoms with E-state index in [-0.39, 0.29) is 13.2 Å². The molecule has 0 aromatic heterocycles. The van der Waals surface area contributed by atoms with Crippen LogP contribution >= 0.6 is 15.6 Å². The molecule has 0 aliphatic carbocycles. The Bertz CT molecular complexity index is 641. The first kappa shape index (κ1) is 38.0. The maximum Gasteiger partial charge on any atom is 0.508 e. The summed E-state index contributed by atoms with van der Waals surface area (Å²) >= 11 is -3.71. The molecule has 0 aliphatic rings. The zero-order chi connectivity index (χ0) is 27.7. The molecular formula is C19H40O14P2Ti. The molecule has 0 aromatic carbocycles. The molecule has 14 nitrogen and oxygen atoms in total. The van der Waals surface area contributed by atoms with Crippen molar-refractivity contribution in [3.8, 4) is 0 Å². The van der Waals surface area contributed by atoms with Gasteiger partial charge in [0.05, 0.1) is 13.2 Å². The number of unbranched alkanes of at least 4 members (excludes halogenated alkanes) is 10. The molecule has 0 saturated heterocycles. The molecule has 3 N–H and O–H groups in total. The van der Waals surface area contributed by atoms with Gasteiger partial charge >= 0.3 is 73.0 Å². The topological polar surface area (TPSA) is 194 Å². The fourth-order valence-corrected chi connectivity index (χ4v) is 4.27. The summed E-state index contributed by atoms with van der Waals surface area (Å²) in [6.45, 7) is 7.42. The molecule has 0 fully saturated rings. The van der Waals surface area contributed by atoms with Crippen LogP contribution in [0, 0.1) is 0 Å². The van der Waals surface area contributed by atoms with Gasteiger partial charge in [0, 0.05) is 0 Å². The summed E-state index contributed by atoms with van der Waals surface area (Å²) in [5, 5.41) is 0. The fraction of sp³-hybridized carbons (Fsp3) is 0.842. The van der Waals surface area contributed by atoms with Crippen LogP contribution in [-0.2, 0) is 67.7 Å². The van der Waals surface area contributed by atoms with Crippen molar-refractivity contribution in [1.29, 1.82) is 0 Å². The molecule has 0 rings (SSSR count). The van der Waals surface area contributed by atoms with Crippen LogP contribution < -0.4 is 0 Å². The van der Waals surface area contributed by atoms with Gasteiger partial charge in [0.1, 0.15) is 0 Å². The summed E-state index contributed by atoms with van der Waals surface area (Å²) in [5.74, 6) is -0.884. The number of hydrogen-bond donors (Lipinski definition) is 3. The van der Waals surface area contributed by atoms with Crippen molar-refractivity contribution in [3.05, 3.63) is 12.7 Å². The van der Waals surface area contributed by atoms with Gasteiger partial charge in [0.2, 0.25) is 0 Å². The van der Waals surface area contributed by atoms with E-state index in [9.17, 15) is 27.0 Å². The van der Waals surface area contributed by atoms with E-state index in [4.69, 9.17) is 3.69 Å². The maximum absolute atomic E-state index is 11.6. The molecule has 2 atom stereocenters. The Balaban J connectivity index is 0. The standard InChI is InChI=1S/C16H36O9P2.C3H4O3.H2O.O.Ti/c1-3-5-7-9-11-13-15-21-23-26(17,18)25-27(19,20)24-22-16-14-12-10-8-6-4-2;1-2-3(4)6-5;;;/h3-16H2,1-2H3,(H,17,18)(H,19,20);2,5H,1H2;1H2;;/q;;;;+2/p-2. The van der Waals surface area contributed by atoms with Gasteiger partial charge < -0.3 is 9.79 Å². The van der Waals surface area contributed by atoms with E-state index in [1.807, 2.05) is 0 Å². The number of hydrogen-bond acceptors (Lipinski definition) is 11. The van der Waals surface area contributed by atoms with Crippen LogP contribution in [0.3, 0.4) is 0 Å². The van der Waals surface area contributed by atoms with E-state index in [0.717, 1.165) is 57.4 Å². The first-order valence-corrected chi connectivity index (χ1v) is 16.7. The van der Waals surface area contributed by atoms with Gasteiger partial charge in [-0.3, -0.25) is 0 Å². The van der Waals surface area contributed by atoms with Crippen LogP contribution in [0.2, 0.25) is 0 Å². The monoisotopic (exact) mass is 602 g/mol. The number of carbonyl (C=O) groups is 1. The molecule has 0 spiro atoms. The maximum atomic E-state index is 11.6. The molecule has 0 aliphatic heterocycles. The van der Waals surface area contributed by atoms with Crippen molar-refractivity contribution in [2.24, 2.45) is 0 Å². The van der Waals surface area contributed by atoms with Crippen molar-refractivity contribution in [1.82, 2.24) is 0 Å². The van der Waals surface area contributed by atoms with Crippen LogP contribution in [-0.4, -0.2) is 32.7 Å². The van der Waals surface area contributed by atoms with Gasteiger partial charge in [0.25, 0.3) is 0 Å². The predicted octanol–water partition coefficient (Wildman–Crippen LogP) is 5.25. The largest absolute Gasteiger partial charge is 0.508 e. The van der Waals surface area contributed by atoms with Crippen molar-refractivity contribution < 1.29 is 81.1 Å². The third-order valence-corrected chi connectivity index (χ3v) is 6.62. The Morgan fingerprint density at radius 2 is 1.19 bits per heavy atom. The van der Waals surface area contributed by atoms with Gasteiger partial charge in [-0.15, -0.1) is 9.35 Å². The minimum absolute atomic E-state index is 0.0746. The van der Waals surface area contributed by atoms with Crippen LogP contribution in [0.15, 0.2) is 12.7 Å². The van der Waals surface area contributed by atoms with E-state index in [1.54, 1.807) is 0 Å². The van der Waals surface area contributed by atoms with E-state index in [0.29, 0.717) is 12.8 Å². The Kier molecular flexibility index (Phi) is 26.5. The molecule has 214 valence electrons. The quantitative estimate of drug-likeness (QED) is 0.0342. The molecular weight excluding hydrogens is 562 g/mol. The summed E-state index contributed by atoms with van der Waals surface area (Å²) in [4.78, 5) is 41.6. The molecule has 36 heavy (non-hydrogen) atoms. The minimum atomic E-state index is -4.89. The summed E-state index contributed by atoms with van der Waals surface area (Å²) in [6.07, 6.45) is 12.9. The summed E-state index contributed by atoms with van der Waals surface area (Å²) in [7, 11) is -9.79. The second kappa shape index (κ2) is 25.1. The number of phosphoric acid groups is 2. The third-order valence-electron chi connectivity index (χ3n) is 4.02. The fourth-order valence-electron chi connectivity index (χ4n) is 2.36. The van der Waals surface area contributed by atoms with Crippen molar-refractivity contribution in [2.75, 3.05) is 13.2 Å². The van der Waals surface area contributed by atoms with Gasteiger partial charge in [-0.25, -0.2) is 18.9 Å². The summed E-state index contributed by atoms with van der Waals surface area (Å²) in [5.41, 5.74) is 0. The van der Waals surface area contributed by atoms with E-state index < -0.39 is 40.2 Å². The minimum Gasteiger partial charge on any atom is -0.301 e. The third kappa shape index (κ3) is 30.1. The SMILES string of the molecule is C=CC(=O)O[O][Ti](=[O])[OH].CCCCCCCCOOP(=O)(O)OP(=O)(O)OOCCCCCCCC. The Morgan fingerprint density at radius 1 is 0.806 bits per heavy atom. The smallest absolute Gasteiger partial charge is 0.301 e. The first-order valence-electron chi connectivity index (χ1n) is 11.7. The second-order valence-electron chi connectivity index (χ2n) is 7.30. The van der Waals surface area contributed by atoms with Crippen molar-refractivity contribution >= 4 is 21.6 Å². The van der Waals surface area contributed by atoms with Crippen molar-refractivity contribution in [2.45, 2.75) is 90.9 Å². The van der Waals surface area contributed by atoms with Crippen LogP contribution in [0.1, 0.15) is 90.9 Å². The first-order chi connectivity index (χ1) is 17.0. The molecule has 0 bridgehead atoms. The summed E-state index contributed by atoms with van der Waals surface area (Å²) in [6, 6.07) is 0. The van der Waals surface area contributed by atoms with Gasteiger partial charge in [-0.1, -0.05) is 78.1 Å². The Morgan fingerprint density at radius 3 is 1.56 bits per heavy atom. The molecule has 0 amide bonds. The second-order valence-corrected chi connectivity index (χ2v) is 11.2. The molecule has 0 aromatic rings. The van der Waals surface area contributed by atoms with Crippen LogP contribution in [0.4, 0.5) is 0 Å². The Hall–Kier alpha value is -0.176. The predicted molar refractivity (Wildman–Crippen MR) is 122 cm³/mol. The van der Waals surface area contributed by atoms with Gasteiger partial charge in [-0.2, -0.15) is 4.31 Å². The zero-order valence-corrected chi connectivity index (χ0v) is 24.3. The number of carbonyl (C=O) groups excluding carboxylic acids is 1. The number of rotatable bonds is 23. The van der Waals surface area contributed by atoms with Crippen molar-refractivity contribution in [3.63, 3.8) is 0 Å². The normalized spacial score (nSPS) is 14.1. The van der Waals surface area contributed by atoms with Gasteiger partial charge in [-0.05, 0) is 12.8 Å². The van der Waals surface area contributed by atoms with Crippen LogP contribution in [0.25, 0.3) is 0 Å². The van der Waals surface area contributed by atoms with E-state index in [2.05, 4.69) is 52.2 Å². The van der Waals surface area contributed by atoms with E-state index >= 15 is 0 Å². The molecule has 2 unspecified atom stereocenters. The average molecular weight is 602 g/mol. The Labute approximate surface area is 219 Å². The zero-order valence-electron chi connectivity index (χ0n) is 20.9. The van der Waals surface area contributed by atoms with E-state index in [1.165, 1.54) is 12.8 Å². The molecule has 0 radical (unpaired) electrons. The molecule has 0 heterocycles. The van der Waals surface area contributed by atoms with Gasteiger partial charge in [0.15, 0.2) is 0 Å². The average Bonchev–Trinajstić information content (AvgIpc) is 2.80.